The highest BCUT2D eigenvalue weighted by atomic mass is 16.5. The molecule has 5 nitrogen and oxygen atoms in total. The van der Waals surface area contributed by atoms with Crippen LogP contribution in [0.25, 0.3) is 0 Å². The molecule has 2 N–H and O–H groups in total. The van der Waals surface area contributed by atoms with Crippen molar-refractivity contribution >= 4 is 11.8 Å². The fourth-order valence-electron chi connectivity index (χ4n) is 3.06. The van der Waals surface area contributed by atoms with Gasteiger partial charge in [-0.1, -0.05) is 6.07 Å². The normalized spacial score (nSPS) is 22.2. The molecule has 118 valence electrons. The van der Waals surface area contributed by atoms with Gasteiger partial charge in [0.15, 0.2) is 0 Å². The number of rotatable bonds is 4. The molecule has 1 saturated heterocycles. The van der Waals surface area contributed by atoms with Crippen LogP contribution in [0.1, 0.15) is 48.9 Å². The third-order valence-corrected chi connectivity index (χ3v) is 4.29. The van der Waals surface area contributed by atoms with Crippen molar-refractivity contribution < 1.29 is 14.3 Å². The first-order chi connectivity index (χ1) is 10.7. The van der Waals surface area contributed by atoms with Crippen LogP contribution in [0, 0.1) is 0 Å². The van der Waals surface area contributed by atoms with Crippen LogP contribution >= 0.6 is 0 Å². The molecule has 1 saturated carbocycles. The molecular weight excluding hydrogens is 280 g/mol. The van der Waals surface area contributed by atoms with Crippen molar-refractivity contribution in [3.63, 3.8) is 0 Å². The van der Waals surface area contributed by atoms with E-state index in [1.54, 1.807) is 12.1 Å². The molecule has 0 radical (unpaired) electrons. The van der Waals surface area contributed by atoms with E-state index in [0.717, 1.165) is 25.0 Å². The van der Waals surface area contributed by atoms with Crippen LogP contribution in [0.5, 0.6) is 5.75 Å². The summed E-state index contributed by atoms with van der Waals surface area (Å²) in [5, 5.41) is 5.57. The van der Waals surface area contributed by atoms with Gasteiger partial charge in [0.05, 0.1) is 6.10 Å². The summed E-state index contributed by atoms with van der Waals surface area (Å²) < 4.78 is 5.92. The van der Waals surface area contributed by atoms with E-state index in [4.69, 9.17) is 4.74 Å². The second kappa shape index (κ2) is 6.81. The SMILES string of the molecule is O=C(N[C@H]1CCCNC1=O)c1cccc(OC2CCCC2)c1. The van der Waals surface area contributed by atoms with Crippen molar-refractivity contribution in [2.75, 3.05) is 6.54 Å². The number of ether oxygens (including phenoxy) is 1. The Balaban J connectivity index is 1.63. The van der Waals surface area contributed by atoms with Gasteiger partial charge in [-0.05, 0) is 56.7 Å². The van der Waals surface area contributed by atoms with Gasteiger partial charge in [-0.25, -0.2) is 0 Å². The number of carbonyl (C=O) groups excluding carboxylic acids is 2. The second-order valence-electron chi connectivity index (χ2n) is 6.01. The highest BCUT2D eigenvalue weighted by molar-refractivity contribution is 5.97. The largest absolute Gasteiger partial charge is 0.490 e. The van der Waals surface area contributed by atoms with Crippen LogP contribution in [0.15, 0.2) is 24.3 Å². The van der Waals surface area contributed by atoms with E-state index >= 15 is 0 Å². The summed E-state index contributed by atoms with van der Waals surface area (Å²) in [5.41, 5.74) is 0.536. The highest BCUT2D eigenvalue weighted by Gasteiger charge is 2.24. The van der Waals surface area contributed by atoms with Crippen molar-refractivity contribution in [2.45, 2.75) is 50.7 Å². The van der Waals surface area contributed by atoms with Crippen molar-refractivity contribution in [3.05, 3.63) is 29.8 Å². The molecule has 0 unspecified atom stereocenters. The lowest BCUT2D eigenvalue weighted by atomic mass is 10.1. The van der Waals surface area contributed by atoms with E-state index in [9.17, 15) is 9.59 Å². The summed E-state index contributed by atoms with van der Waals surface area (Å²) in [6.07, 6.45) is 6.43. The van der Waals surface area contributed by atoms with Gasteiger partial charge in [0.2, 0.25) is 5.91 Å². The van der Waals surface area contributed by atoms with Gasteiger partial charge in [0.25, 0.3) is 5.91 Å². The lowest BCUT2D eigenvalue weighted by molar-refractivity contribution is -0.124. The number of nitrogens with one attached hydrogen (secondary N) is 2. The monoisotopic (exact) mass is 302 g/mol. The zero-order chi connectivity index (χ0) is 15.4. The molecule has 5 heteroatoms. The Labute approximate surface area is 130 Å². The van der Waals surface area contributed by atoms with E-state index in [-0.39, 0.29) is 17.9 Å². The Morgan fingerprint density at radius 3 is 2.77 bits per heavy atom. The van der Waals surface area contributed by atoms with Gasteiger partial charge in [-0.15, -0.1) is 0 Å². The zero-order valence-electron chi connectivity index (χ0n) is 12.6. The Bertz CT molecular complexity index is 553. The smallest absolute Gasteiger partial charge is 0.252 e. The standard InChI is InChI=1S/C17H22N2O3/c20-16(19-15-9-4-10-18-17(15)21)12-5-3-8-14(11-12)22-13-6-1-2-7-13/h3,5,8,11,13,15H,1-2,4,6-7,9-10H2,(H,18,21)(H,19,20)/t15-/m0/s1. The van der Waals surface area contributed by atoms with Crippen LogP contribution < -0.4 is 15.4 Å². The topological polar surface area (TPSA) is 67.4 Å². The molecule has 1 aromatic carbocycles. The number of carbonyl (C=O) groups is 2. The fraction of sp³-hybridized carbons (Fsp3) is 0.529. The van der Waals surface area contributed by atoms with Gasteiger partial charge < -0.3 is 15.4 Å². The maximum atomic E-state index is 12.3. The lowest BCUT2D eigenvalue weighted by Crippen LogP contribution is -2.50. The Morgan fingerprint density at radius 2 is 2.00 bits per heavy atom. The van der Waals surface area contributed by atoms with E-state index in [1.165, 1.54) is 12.8 Å². The average molecular weight is 302 g/mol. The Hall–Kier alpha value is -2.04. The number of amides is 2. The molecule has 1 aliphatic heterocycles. The summed E-state index contributed by atoms with van der Waals surface area (Å²) in [6, 6.07) is 6.77. The van der Waals surface area contributed by atoms with Crippen LogP contribution in [-0.2, 0) is 4.79 Å². The molecule has 1 atom stereocenters. The van der Waals surface area contributed by atoms with Gasteiger partial charge in [-0.3, -0.25) is 9.59 Å². The van der Waals surface area contributed by atoms with Crippen LogP contribution in [0.4, 0.5) is 0 Å². The van der Waals surface area contributed by atoms with Crippen molar-refractivity contribution in [3.8, 4) is 5.75 Å². The predicted molar refractivity (Wildman–Crippen MR) is 82.8 cm³/mol. The molecule has 0 aromatic heterocycles. The maximum absolute atomic E-state index is 12.3. The number of hydrogen-bond donors (Lipinski definition) is 2. The third-order valence-electron chi connectivity index (χ3n) is 4.29. The molecular formula is C17H22N2O3. The van der Waals surface area contributed by atoms with Gasteiger partial charge >= 0.3 is 0 Å². The summed E-state index contributed by atoms with van der Waals surface area (Å²) in [5.74, 6) is 0.407. The molecule has 22 heavy (non-hydrogen) atoms. The summed E-state index contributed by atoms with van der Waals surface area (Å²) in [6.45, 7) is 0.690. The highest BCUT2D eigenvalue weighted by Crippen LogP contribution is 2.24. The zero-order valence-corrected chi connectivity index (χ0v) is 12.6. The minimum absolute atomic E-state index is 0.0991. The number of hydrogen-bond acceptors (Lipinski definition) is 3. The molecule has 0 spiro atoms. The number of piperidine rings is 1. The van der Waals surface area contributed by atoms with E-state index in [1.807, 2.05) is 12.1 Å². The molecule has 0 bridgehead atoms. The molecule has 2 fully saturated rings. The number of benzene rings is 1. The van der Waals surface area contributed by atoms with E-state index in [2.05, 4.69) is 10.6 Å². The second-order valence-corrected chi connectivity index (χ2v) is 6.01. The van der Waals surface area contributed by atoms with Crippen LogP contribution in [-0.4, -0.2) is 30.5 Å². The summed E-state index contributed by atoms with van der Waals surface area (Å²) in [4.78, 5) is 24.0. The van der Waals surface area contributed by atoms with Crippen molar-refractivity contribution in [1.82, 2.24) is 10.6 Å². The average Bonchev–Trinajstić information content (AvgIpc) is 3.03. The Morgan fingerprint density at radius 1 is 1.18 bits per heavy atom. The molecule has 1 aromatic rings. The predicted octanol–water partition coefficient (Wildman–Crippen LogP) is 2.02. The first-order valence-corrected chi connectivity index (χ1v) is 8.08. The first-order valence-electron chi connectivity index (χ1n) is 8.08. The van der Waals surface area contributed by atoms with Gasteiger partial charge in [-0.2, -0.15) is 0 Å². The third kappa shape index (κ3) is 3.59. The fourth-order valence-corrected chi connectivity index (χ4v) is 3.06. The maximum Gasteiger partial charge on any atom is 0.252 e. The first kappa shape index (κ1) is 14.9. The van der Waals surface area contributed by atoms with E-state index < -0.39 is 6.04 Å². The quantitative estimate of drug-likeness (QED) is 0.894. The molecule has 2 amide bonds. The lowest BCUT2D eigenvalue weighted by Gasteiger charge is -2.22. The van der Waals surface area contributed by atoms with Gasteiger partial charge in [0, 0.05) is 12.1 Å². The molecule has 2 aliphatic rings. The summed E-state index contributed by atoms with van der Waals surface area (Å²) in [7, 11) is 0. The van der Waals surface area contributed by atoms with E-state index in [0.29, 0.717) is 18.5 Å². The van der Waals surface area contributed by atoms with Crippen molar-refractivity contribution in [1.29, 1.82) is 0 Å². The minimum Gasteiger partial charge on any atom is -0.490 e. The molecule has 1 aliphatic carbocycles. The summed E-state index contributed by atoms with van der Waals surface area (Å²) >= 11 is 0. The molecule has 1 heterocycles. The van der Waals surface area contributed by atoms with Crippen molar-refractivity contribution in [2.24, 2.45) is 0 Å². The minimum atomic E-state index is -0.430. The Kier molecular flexibility index (Phi) is 4.61. The van der Waals surface area contributed by atoms with Crippen LogP contribution in [0.3, 0.4) is 0 Å². The van der Waals surface area contributed by atoms with Gasteiger partial charge in [0.1, 0.15) is 11.8 Å². The molecule has 3 rings (SSSR count). The van der Waals surface area contributed by atoms with Crippen LogP contribution in [0.2, 0.25) is 0 Å².